The average molecular weight is 318 g/mol. The topological polar surface area (TPSA) is 49.8 Å². The van der Waals surface area contributed by atoms with Gasteiger partial charge in [-0.2, -0.15) is 0 Å². The van der Waals surface area contributed by atoms with Gasteiger partial charge in [0.1, 0.15) is 5.60 Å². The minimum Gasteiger partial charge on any atom is -0.481 e. The summed E-state index contributed by atoms with van der Waals surface area (Å²) in [6.07, 6.45) is 7.84. The van der Waals surface area contributed by atoms with Crippen LogP contribution in [0.2, 0.25) is 0 Å². The van der Waals surface area contributed by atoms with Crippen molar-refractivity contribution in [3.63, 3.8) is 0 Å². The SMILES string of the molecule is C=C[C@]1(C)O[C@H]1C[C@H]1C(=C)CC[C@@H]2[C@]1(C)CCC[C@]2(C)C(=O)O. The fourth-order valence-corrected chi connectivity index (χ4v) is 5.59. The molecular weight excluding hydrogens is 288 g/mol. The number of fused-ring (bicyclic) bond motifs is 1. The molecule has 0 aromatic rings. The number of carboxylic acids is 1. The third-order valence-corrected chi connectivity index (χ3v) is 7.34. The molecule has 3 fully saturated rings. The lowest BCUT2D eigenvalue weighted by Gasteiger charge is -2.57. The van der Waals surface area contributed by atoms with Gasteiger partial charge in [0.05, 0.1) is 11.5 Å². The maximum atomic E-state index is 12.0. The van der Waals surface area contributed by atoms with Gasteiger partial charge in [0.15, 0.2) is 0 Å². The van der Waals surface area contributed by atoms with Crippen LogP contribution in [0.5, 0.6) is 0 Å². The highest BCUT2D eigenvalue weighted by atomic mass is 16.6. The van der Waals surface area contributed by atoms with E-state index in [-0.39, 0.29) is 23.0 Å². The molecule has 23 heavy (non-hydrogen) atoms. The number of rotatable bonds is 4. The molecule has 2 saturated carbocycles. The summed E-state index contributed by atoms with van der Waals surface area (Å²) >= 11 is 0. The Morgan fingerprint density at radius 2 is 2.09 bits per heavy atom. The number of hydrogen-bond acceptors (Lipinski definition) is 2. The van der Waals surface area contributed by atoms with E-state index >= 15 is 0 Å². The van der Waals surface area contributed by atoms with E-state index in [2.05, 4.69) is 27.0 Å². The Morgan fingerprint density at radius 3 is 2.65 bits per heavy atom. The minimum absolute atomic E-state index is 0.0226. The summed E-state index contributed by atoms with van der Waals surface area (Å²) in [4.78, 5) is 12.0. The van der Waals surface area contributed by atoms with Gasteiger partial charge < -0.3 is 9.84 Å². The lowest BCUT2D eigenvalue weighted by molar-refractivity contribution is -0.164. The van der Waals surface area contributed by atoms with Gasteiger partial charge >= 0.3 is 5.97 Å². The molecule has 1 N–H and O–H groups in total. The molecule has 3 nitrogen and oxygen atoms in total. The summed E-state index contributed by atoms with van der Waals surface area (Å²) in [7, 11) is 0. The van der Waals surface area contributed by atoms with Crippen LogP contribution in [-0.2, 0) is 9.53 Å². The second-order valence-electron chi connectivity index (χ2n) is 8.61. The van der Waals surface area contributed by atoms with Crippen molar-refractivity contribution in [2.75, 3.05) is 0 Å². The van der Waals surface area contributed by atoms with Gasteiger partial charge in [-0.25, -0.2) is 0 Å². The Balaban J connectivity index is 1.89. The van der Waals surface area contributed by atoms with Crippen LogP contribution in [0.1, 0.15) is 59.3 Å². The Bertz CT molecular complexity index is 553. The molecule has 0 bridgehead atoms. The highest BCUT2D eigenvalue weighted by Gasteiger charge is 2.60. The van der Waals surface area contributed by atoms with E-state index in [9.17, 15) is 9.90 Å². The second kappa shape index (κ2) is 5.20. The first-order valence-corrected chi connectivity index (χ1v) is 8.90. The van der Waals surface area contributed by atoms with Crippen molar-refractivity contribution < 1.29 is 14.6 Å². The van der Waals surface area contributed by atoms with Crippen LogP contribution < -0.4 is 0 Å². The van der Waals surface area contributed by atoms with Crippen molar-refractivity contribution in [1.29, 1.82) is 0 Å². The normalized spacial score (nSPS) is 49.3. The molecule has 0 radical (unpaired) electrons. The van der Waals surface area contributed by atoms with E-state index in [0.717, 1.165) is 38.5 Å². The van der Waals surface area contributed by atoms with E-state index in [1.807, 2.05) is 13.0 Å². The van der Waals surface area contributed by atoms with Crippen molar-refractivity contribution in [1.82, 2.24) is 0 Å². The smallest absolute Gasteiger partial charge is 0.309 e. The summed E-state index contributed by atoms with van der Waals surface area (Å²) in [6, 6.07) is 0. The molecule has 0 aromatic heterocycles. The van der Waals surface area contributed by atoms with Gasteiger partial charge in [-0.05, 0) is 63.2 Å². The lowest BCUT2D eigenvalue weighted by Crippen LogP contribution is -2.53. The first-order valence-electron chi connectivity index (χ1n) is 8.90. The van der Waals surface area contributed by atoms with Crippen molar-refractivity contribution >= 4 is 5.97 Å². The third kappa shape index (κ3) is 2.39. The zero-order chi connectivity index (χ0) is 17.0. The van der Waals surface area contributed by atoms with Crippen molar-refractivity contribution in [2.45, 2.75) is 71.0 Å². The molecule has 3 heteroatoms. The van der Waals surface area contributed by atoms with Crippen LogP contribution in [0, 0.1) is 22.7 Å². The van der Waals surface area contributed by atoms with Gasteiger partial charge in [0, 0.05) is 0 Å². The maximum Gasteiger partial charge on any atom is 0.309 e. The highest BCUT2D eigenvalue weighted by Crippen LogP contribution is 2.63. The number of carbonyl (C=O) groups is 1. The number of aliphatic carboxylic acids is 1. The van der Waals surface area contributed by atoms with Crippen molar-refractivity contribution in [3.8, 4) is 0 Å². The van der Waals surface area contributed by atoms with E-state index in [1.165, 1.54) is 5.57 Å². The molecular formula is C20H30O3. The minimum atomic E-state index is -0.627. The molecule has 0 spiro atoms. The number of carboxylic acid groups (broad SMARTS) is 1. The van der Waals surface area contributed by atoms with Gasteiger partial charge in [-0.15, -0.1) is 6.58 Å². The fraction of sp³-hybridized carbons (Fsp3) is 0.750. The molecule has 0 amide bonds. The number of epoxide rings is 1. The summed E-state index contributed by atoms with van der Waals surface area (Å²) in [5.74, 6) is -0.0456. The van der Waals surface area contributed by atoms with E-state index in [0.29, 0.717) is 5.92 Å². The van der Waals surface area contributed by atoms with Crippen LogP contribution in [0.4, 0.5) is 0 Å². The first kappa shape index (κ1) is 16.8. The van der Waals surface area contributed by atoms with Crippen LogP contribution in [0.25, 0.3) is 0 Å². The molecule has 1 saturated heterocycles. The van der Waals surface area contributed by atoms with Gasteiger partial charge in [0.2, 0.25) is 0 Å². The zero-order valence-corrected chi connectivity index (χ0v) is 14.7. The van der Waals surface area contributed by atoms with Gasteiger partial charge in [-0.3, -0.25) is 4.79 Å². The van der Waals surface area contributed by atoms with Crippen molar-refractivity contribution in [3.05, 3.63) is 24.8 Å². The quantitative estimate of drug-likeness (QED) is 0.609. The van der Waals surface area contributed by atoms with Crippen LogP contribution in [0.15, 0.2) is 24.8 Å². The summed E-state index contributed by atoms with van der Waals surface area (Å²) < 4.78 is 5.85. The van der Waals surface area contributed by atoms with Crippen molar-refractivity contribution in [2.24, 2.45) is 22.7 Å². The zero-order valence-electron chi connectivity index (χ0n) is 14.7. The Kier molecular flexibility index (Phi) is 3.79. The van der Waals surface area contributed by atoms with E-state index < -0.39 is 11.4 Å². The Labute approximate surface area is 139 Å². The summed E-state index contributed by atoms with van der Waals surface area (Å²) in [5, 5.41) is 9.86. The predicted octanol–water partition coefficient (Wildman–Crippen LogP) is 4.58. The lowest BCUT2D eigenvalue weighted by atomic mass is 9.46. The maximum absolute atomic E-state index is 12.0. The number of ether oxygens (including phenoxy) is 1. The molecule has 0 aromatic carbocycles. The Hall–Kier alpha value is -1.09. The molecule has 1 heterocycles. The predicted molar refractivity (Wildman–Crippen MR) is 91.1 cm³/mol. The number of hydrogen-bond donors (Lipinski definition) is 1. The van der Waals surface area contributed by atoms with Crippen LogP contribution in [-0.4, -0.2) is 22.8 Å². The largest absolute Gasteiger partial charge is 0.481 e. The number of allylic oxidation sites excluding steroid dienone is 1. The average Bonchev–Trinajstić information content (AvgIpc) is 3.14. The summed E-state index contributed by atoms with van der Waals surface area (Å²) in [5.41, 5.74) is 0.515. The van der Waals surface area contributed by atoms with Gasteiger partial charge in [-0.1, -0.05) is 31.6 Å². The van der Waals surface area contributed by atoms with Crippen LogP contribution in [0.3, 0.4) is 0 Å². The molecule has 0 unspecified atom stereocenters. The fourth-order valence-electron chi connectivity index (χ4n) is 5.59. The van der Waals surface area contributed by atoms with E-state index in [1.54, 1.807) is 0 Å². The summed E-state index contributed by atoms with van der Waals surface area (Å²) in [6.45, 7) is 14.6. The molecule has 1 aliphatic heterocycles. The standard InChI is InChI=1S/C20H30O3/c1-6-20(5)16(23-20)12-14-13(2)8-9-15-18(14,3)10-7-11-19(15,4)17(21)22/h6,14-16H,1-2,7-12H2,3-5H3,(H,21,22)/t14-,15+,16-,18+,19-,20-/m0/s1. The second-order valence-corrected chi connectivity index (χ2v) is 8.61. The van der Waals surface area contributed by atoms with Crippen LogP contribution >= 0.6 is 0 Å². The third-order valence-electron chi connectivity index (χ3n) is 7.34. The monoisotopic (exact) mass is 318 g/mol. The first-order chi connectivity index (χ1) is 10.7. The van der Waals surface area contributed by atoms with Gasteiger partial charge in [0.25, 0.3) is 0 Å². The molecule has 2 aliphatic carbocycles. The molecule has 3 rings (SSSR count). The Morgan fingerprint density at radius 1 is 1.39 bits per heavy atom. The highest BCUT2D eigenvalue weighted by molar-refractivity contribution is 5.75. The molecule has 128 valence electrons. The molecule has 6 atom stereocenters. The molecule has 3 aliphatic rings. The van der Waals surface area contributed by atoms with E-state index in [4.69, 9.17) is 4.74 Å².